The number of fused-ring (bicyclic) bond motifs is 1. The number of carbonyl (C=O) groups is 1. The third kappa shape index (κ3) is 6.70. The van der Waals surface area contributed by atoms with Gasteiger partial charge in [-0.05, 0) is 36.4 Å². The summed E-state index contributed by atoms with van der Waals surface area (Å²) in [5, 5.41) is 7.11. The van der Waals surface area contributed by atoms with E-state index in [4.69, 9.17) is 30.5 Å². The van der Waals surface area contributed by atoms with Gasteiger partial charge in [-0.15, -0.1) is 0 Å². The van der Waals surface area contributed by atoms with E-state index < -0.39 is 36.0 Å². The lowest BCUT2D eigenvalue weighted by atomic mass is 10.2. The van der Waals surface area contributed by atoms with Crippen LogP contribution in [0.2, 0.25) is 5.02 Å². The summed E-state index contributed by atoms with van der Waals surface area (Å²) in [6, 6.07) is 11.3. The summed E-state index contributed by atoms with van der Waals surface area (Å²) >= 11 is 6.10. The molecular weight excluding hydrogens is 598 g/mol. The van der Waals surface area contributed by atoms with Crippen molar-refractivity contribution in [1.82, 2.24) is 19.7 Å². The molecule has 0 spiro atoms. The average molecular weight is 618 g/mol. The van der Waals surface area contributed by atoms with E-state index in [2.05, 4.69) is 20.4 Å². The maximum atomic E-state index is 13.8. The largest absolute Gasteiger partial charge is 0.493 e. The van der Waals surface area contributed by atoms with Crippen molar-refractivity contribution in [3.05, 3.63) is 83.7 Å². The minimum atomic E-state index is -4.69. The molecule has 0 atom stereocenters. The SMILES string of the molecule is COc1cc2nccc(Oc3ccc(NC(=O)c4nn(-c5cc(F)ccc5Cl)cc4OCC(F)(F)F)nc3)c2cc1OC. The van der Waals surface area contributed by atoms with Crippen LogP contribution < -0.4 is 24.3 Å². The number of methoxy groups -OCH3 is 2. The van der Waals surface area contributed by atoms with E-state index in [0.29, 0.717) is 33.9 Å². The maximum Gasteiger partial charge on any atom is 0.422 e. The number of nitrogens with one attached hydrogen (secondary N) is 1. The van der Waals surface area contributed by atoms with Gasteiger partial charge in [0.2, 0.25) is 0 Å². The molecule has 0 bridgehead atoms. The van der Waals surface area contributed by atoms with Crippen LogP contribution in [0.15, 0.2) is 67.1 Å². The molecule has 5 aromatic rings. The third-order valence-corrected chi connectivity index (χ3v) is 6.17. The van der Waals surface area contributed by atoms with Crippen molar-refractivity contribution in [3.8, 4) is 34.4 Å². The van der Waals surface area contributed by atoms with Gasteiger partial charge in [-0.3, -0.25) is 9.78 Å². The molecule has 3 aromatic heterocycles. The summed E-state index contributed by atoms with van der Waals surface area (Å²) in [5.74, 6) is -0.371. The van der Waals surface area contributed by atoms with Crippen molar-refractivity contribution >= 4 is 34.2 Å². The lowest BCUT2D eigenvalue weighted by molar-refractivity contribution is -0.153. The van der Waals surface area contributed by atoms with Crippen molar-refractivity contribution < 1.29 is 41.3 Å². The standard InChI is InChI=1S/C28H20ClF4N5O5/c1-40-22-10-17-19(11-23(22)41-2)34-8-7-21(17)43-16-4-6-25(35-12-16)36-27(39)26-24(42-14-28(31,32)33)13-38(37-26)20-9-15(30)3-5-18(20)29/h3-13H,14H2,1-2H3,(H,35,36,39). The number of hydrogen-bond acceptors (Lipinski definition) is 8. The van der Waals surface area contributed by atoms with Crippen LogP contribution in [0.5, 0.6) is 28.7 Å². The van der Waals surface area contributed by atoms with Crippen molar-refractivity contribution in [3.63, 3.8) is 0 Å². The zero-order valence-corrected chi connectivity index (χ0v) is 23.0. The topological polar surface area (TPSA) is 110 Å². The van der Waals surface area contributed by atoms with E-state index in [0.717, 1.165) is 23.0 Å². The third-order valence-electron chi connectivity index (χ3n) is 5.85. The Labute approximate surface area is 245 Å². The Bertz CT molecular complexity index is 1800. The number of amides is 1. The van der Waals surface area contributed by atoms with E-state index in [1.54, 1.807) is 24.4 Å². The molecule has 2 aromatic carbocycles. The summed E-state index contributed by atoms with van der Waals surface area (Å²) in [7, 11) is 3.02. The number of anilines is 1. The van der Waals surface area contributed by atoms with Crippen LogP contribution in [0, 0.1) is 5.82 Å². The first-order valence-electron chi connectivity index (χ1n) is 12.3. The molecular formula is C28H20ClF4N5O5. The summed E-state index contributed by atoms with van der Waals surface area (Å²) in [5.41, 5.74) is 0.0609. The number of aromatic nitrogens is 4. The van der Waals surface area contributed by atoms with Crippen molar-refractivity contribution in [1.29, 1.82) is 0 Å². The molecule has 0 aliphatic carbocycles. The fourth-order valence-corrected chi connectivity index (χ4v) is 4.12. The second-order valence-electron chi connectivity index (χ2n) is 8.75. The summed E-state index contributed by atoms with van der Waals surface area (Å²) in [4.78, 5) is 21.5. The molecule has 10 nitrogen and oxygen atoms in total. The van der Waals surface area contributed by atoms with Crippen LogP contribution in [0.1, 0.15) is 10.5 Å². The molecule has 0 fully saturated rings. The first-order valence-corrected chi connectivity index (χ1v) is 12.6. The van der Waals surface area contributed by atoms with Gasteiger partial charge in [0.1, 0.15) is 23.1 Å². The van der Waals surface area contributed by atoms with Crippen molar-refractivity contribution in [2.45, 2.75) is 6.18 Å². The molecule has 0 saturated heterocycles. The molecule has 0 saturated carbocycles. The van der Waals surface area contributed by atoms with Gasteiger partial charge in [0.05, 0.1) is 42.8 Å². The monoisotopic (exact) mass is 617 g/mol. The number of hydrogen-bond donors (Lipinski definition) is 1. The fraction of sp³-hybridized carbons (Fsp3) is 0.143. The summed E-state index contributed by atoms with van der Waals surface area (Å²) in [6.45, 7) is -1.69. The normalized spacial score (nSPS) is 11.3. The van der Waals surface area contributed by atoms with Crippen LogP contribution >= 0.6 is 11.6 Å². The minimum Gasteiger partial charge on any atom is -0.493 e. The quantitative estimate of drug-likeness (QED) is 0.184. The number of pyridine rings is 2. The number of nitrogens with zero attached hydrogens (tertiary/aromatic N) is 4. The Hall–Kier alpha value is -5.11. The predicted octanol–water partition coefficient (Wildman–Crippen LogP) is 6.61. The molecule has 3 heterocycles. The molecule has 0 aliphatic heterocycles. The van der Waals surface area contributed by atoms with Gasteiger partial charge < -0.3 is 24.3 Å². The molecule has 43 heavy (non-hydrogen) atoms. The maximum absolute atomic E-state index is 13.8. The number of halogens is 5. The highest BCUT2D eigenvalue weighted by atomic mass is 35.5. The van der Waals surface area contributed by atoms with Crippen molar-refractivity contribution in [2.75, 3.05) is 26.1 Å². The highest BCUT2D eigenvalue weighted by Gasteiger charge is 2.30. The van der Waals surface area contributed by atoms with Gasteiger partial charge in [0.25, 0.3) is 5.91 Å². The van der Waals surface area contributed by atoms with Crippen LogP contribution in [0.4, 0.5) is 23.4 Å². The Kier molecular flexibility index (Phi) is 8.21. The first-order chi connectivity index (χ1) is 20.5. The van der Waals surface area contributed by atoms with E-state index >= 15 is 0 Å². The Morgan fingerprint density at radius 1 is 0.977 bits per heavy atom. The van der Waals surface area contributed by atoms with Gasteiger partial charge in [-0.25, -0.2) is 14.1 Å². The number of alkyl halides is 3. The van der Waals surface area contributed by atoms with E-state index in [-0.39, 0.29) is 16.5 Å². The van der Waals surface area contributed by atoms with Crippen LogP contribution in [0.25, 0.3) is 16.6 Å². The van der Waals surface area contributed by atoms with E-state index in [1.807, 2.05) is 0 Å². The van der Waals surface area contributed by atoms with Gasteiger partial charge >= 0.3 is 6.18 Å². The Morgan fingerprint density at radius 2 is 1.74 bits per heavy atom. The van der Waals surface area contributed by atoms with Crippen LogP contribution in [0.3, 0.4) is 0 Å². The summed E-state index contributed by atoms with van der Waals surface area (Å²) in [6.07, 6.45) is -0.814. The molecule has 222 valence electrons. The second kappa shape index (κ2) is 12.0. The average Bonchev–Trinajstić information content (AvgIpc) is 3.42. The minimum absolute atomic E-state index is 0.0168. The van der Waals surface area contributed by atoms with Crippen molar-refractivity contribution in [2.24, 2.45) is 0 Å². The highest BCUT2D eigenvalue weighted by Crippen LogP contribution is 2.37. The molecule has 0 radical (unpaired) electrons. The Balaban J connectivity index is 1.37. The molecule has 0 aliphatic rings. The van der Waals surface area contributed by atoms with Crippen LogP contribution in [-0.4, -0.2) is 52.7 Å². The zero-order chi connectivity index (χ0) is 30.7. The second-order valence-corrected chi connectivity index (χ2v) is 9.16. The Morgan fingerprint density at radius 3 is 2.44 bits per heavy atom. The smallest absolute Gasteiger partial charge is 0.422 e. The molecule has 1 amide bonds. The number of carbonyl (C=O) groups excluding carboxylic acids is 1. The fourth-order valence-electron chi connectivity index (χ4n) is 3.92. The lowest BCUT2D eigenvalue weighted by Gasteiger charge is -2.12. The van der Waals surface area contributed by atoms with Crippen LogP contribution in [-0.2, 0) is 0 Å². The number of rotatable bonds is 9. The van der Waals surface area contributed by atoms with Gasteiger partial charge in [0, 0.05) is 23.7 Å². The van der Waals surface area contributed by atoms with E-state index in [1.165, 1.54) is 38.6 Å². The highest BCUT2D eigenvalue weighted by molar-refractivity contribution is 6.32. The van der Waals surface area contributed by atoms with E-state index in [9.17, 15) is 22.4 Å². The summed E-state index contributed by atoms with van der Waals surface area (Å²) < 4.78 is 74.8. The molecule has 0 unspecified atom stereocenters. The molecule has 15 heteroatoms. The number of ether oxygens (including phenoxy) is 4. The van der Waals surface area contributed by atoms with Gasteiger partial charge in [-0.2, -0.15) is 18.3 Å². The predicted molar refractivity (Wildman–Crippen MR) is 147 cm³/mol. The molecule has 5 rings (SSSR count). The zero-order valence-electron chi connectivity index (χ0n) is 22.3. The molecule has 1 N–H and O–H groups in total. The number of benzene rings is 2. The van der Waals surface area contributed by atoms with Gasteiger partial charge in [0.15, 0.2) is 29.5 Å². The lowest BCUT2D eigenvalue weighted by Crippen LogP contribution is -2.21. The van der Waals surface area contributed by atoms with Gasteiger partial charge in [-0.1, -0.05) is 11.6 Å². The first kappa shape index (κ1) is 29.4.